The van der Waals surface area contributed by atoms with E-state index in [0.29, 0.717) is 18.0 Å². The first-order chi connectivity index (χ1) is 9.66. The zero-order valence-electron chi connectivity index (χ0n) is 11.1. The van der Waals surface area contributed by atoms with Gasteiger partial charge in [0.15, 0.2) is 0 Å². The number of amides is 2. The van der Waals surface area contributed by atoms with Crippen LogP contribution in [-0.4, -0.2) is 44.3 Å². The van der Waals surface area contributed by atoms with Crippen molar-refractivity contribution in [2.45, 2.75) is 44.2 Å². The zero-order chi connectivity index (χ0) is 14.1. The molecule has 2 heterocycles. The van der Waals surface area contributed by atoms with Crippen molar-refractivity contribution in [3.63, 3.8) is 0 Å². The Morgan fingerprint density at radius 2 is 2.20 bits per heavy atom. The number of carboxylic acids is 1. The molecule has 7 nitrogen and oxygen atoms in total. The van der Waals surface area contributed by atoms with Gasteiger partial charge in [0.2, 0.25) is 0 Å². The molecule has 3 unspecified atom stereocenters. The fourth-order valence-corrected chi connectivity index (χ4v) is 3.48. The van der Waals surface area contributed by atoms with Crippen molar-refractivity contribution >= 4 is 17.7 Å². The number of nitrogens with zero attached hydrogens (tertiary/aromatic N) is 2. The second-order valence-corrected chi connectivity index (χ2v) is 5.53. The smallest absolute Gasteiger partial charge is 0.326 e. The van der Waals surface area contributed by atoms with Crippen molar-refractivity contribution in [1.82, 2.24) is 15.1 Å². The number of carboxylic acid groups (broad SMARTS) is 1. The summed E-state index contributed by atoms with van der Waals surface area (Å²) in [4.78, 5) is 25.3. The van der Waals surface area contributed by atoms with Gasteiger partial charge < -0.3 is 15.3 Å². The summed E-state index contributed by atoms with van der Waals surface area (Å²) < 4.78 is 0. The van der Waals surface area contributed by atoms with Crippen molar-refractivity contribution < 1.29 is 14.7 Å². The number of hydrogen-bond donors (Lipinski definition) is 3. The summed E-state index contributed by atoms with van der Waals surface area (Å²) in [6, 6.07) is -1.00. The molecule has 0 aromatic carbocycles. The van der Waals surface area contributed by atoms with Crippen molar-refractivity contribution in [3.05, 3.63) is 12.4 Å². The SMILES string of the molecule is O=C(O)C1CC2CCCCC2N1C(=O)Nc1cn[nH]c1. The maximum Gasteiger partial charge on any atom is 0.326 e. The highest BCUT2D eigenvalue weighted by atomic mass is 16.4. The number of carbonyl (C=O) groups is 2. The molecule has 1 aromatic heterocycles. The molecule has 0 radical (unpaired) electrons. The molecule has 1 aliphatic carbocycles. The maximum absolute atomic E-state index is 12.4. The number of aromatic nitrogens is 2. The Bertz CT molecular complexity index is 502. The molecule has 1 aromatic rings. The normalized spacial score (nSPS) is 29.0. The Kier molecular flexibility index (Phi) is 3.33. The Morgan fingerprint density at radius 1 is 1.40 bits per heavy atom. The number of fused-ring (bicyclic) bond motifs is 1. The highest BCUT2D eigenvalue weighted by Gasteiger charge is 2.47. The van der Waals surface area contributed by atoms with Gasteiger partial charge in [-0.15, -0.1) is 0 Å². The van der Waals surface area contributed by atoms with Gasteiger partial charge in [-0.25, -0.2) is 9.59 Å². The van der Waals surface area contributed by atoms with Crippen LogP contribution in [0.4, 0.5) is 10.5 Å². The van der Waals surface area contributed by atoms with Crippen LogP contribution in [0.15, 0.2) is 12.4 Å². The summed E-state index contributed by atoms with van der Waals surface area (Å²) >= 11 is 0. The van der Waals surface area contributed by atoms with Crippen molar-refractivity contribution in [1.29, 1.82) is 0 Å². The first-order valence-corrected chi connectivity index (χ1v) is 6.97. The second-order valence-electron chi connectivity index (χ2n) is 5.53. The quantitative estimate of drug-likeness (QED) is 0.766. The van der Waals surface area contributed by atoms with Crippen LogP contribution in [0.2, 0.25) is 0 Å². The van der Waals surface area contributed by atoms with Gasteiger partial charge in [-0.05, 0) is 25.2 Å². The Balaban J connectivity index is 1.79. The molecule has 108 valence electrons. The molecule has 1 aliphatic heterocycles. The maximum atomic E-state index is 12.4. The van der Waals surface area contributed by atoms with Crippen molar-refractivity contribution in [3.8, 4) is 0 Å². The molecule has 7 heteroatoms. The van der Waals surface area contributed by atoms with Gasteiger partial charge in [0.25, 0.3) is 0 Å². The molecule has 1 saturated heterocycles. The molecule has 2 amide bonds. The molecule has 3 N–H and O–H groups in total. The molecule has 2 fully saturated rings. The number of hydrogen-bond acceptors (Lipinski definition) is 3. The molecule has 1 saturated carbocycles. The fourth-order valence-electron chi connectivity index (χ4n) is 3.48. The summed E-state index contributed by atoms with van der Waals surface area (Å²) in [5.74, 6) is -0.596. The lowest BCUT2D eigenvalue weighted by Crippen LogP contribution is -2.48. The fraction of sp³-hybridized carbons (Fsp3) is 0.615. The van der Waals surface area contributed by atoms with E-state index in [0.717, 1.165) is 25.7 Å². The number of carbonyl (C=O) groups excluding carboxylic acids is 1. The van der Waals surface area contributed by atoms with E-state index in [-0.39, 0.29) is 12.1 Å². The lowest BCUT2D eigenvalue weighted by molar-refractivity contribution is -0.141. The number of rotatable bonds is 2. The second kappa shape index (κ2) is 5.15. The third-order valence-corrected chi connectivity index (χ3v) is 4.36. The molecule has 3 rings (SSSR count). The van der Waals surface area contributed by atoms with E-state index < -0.39 is 12.0 Å². The van der Waals surface area contributed by atoms with Gasteiger partial charge >= 0.3 is 12.0 Å². The number of nitrogens with one attached hydrogen (secondary N) is 2. The summed E-state index contributed by atoms with van der Waals surface area (Å²) in [5.41, 5.74) is 0.554. The van der Waals surface area contributed by atoms with Crippen LogP contribution in [0.25, 0.3) is 0 Å². The molecule has 2 aliphatic rings. The third kappa shape index (κ3) is 2.23. The number of aromatic amines is 1. The highest BCUT2D eigenvalue weighted by Crippen LogP contribution is 2.40. The summed E-state index contributed by atoms with van der Waals surface area (Å²) in [7, 11) is 0. The van der Waals surface area contributed by atoms with Crippen LogP contribution in [0, 0.1) is 5.92 Å². The Morgan fingerprint density at radius 3 is 2.90 bits per heavy atom. The summed E-state index contributed by atoms with van der Waals surface area (Å²) in [6.07, 6.45) is 7.74. The van der Waals surface area contributed by atoms with Crippen LogP contribution in [0.1, 0.15) is 32.1 Å². The van der Waals surface area contributed by atoms with Gasteiger partial charge in [-0.2, -0.15) is 5.10 Å². The predicted octanol–water partition coefficient (Wildman–Crippen LogP) is 1.66. The lowest BCUT2D eigenvalue weighted by Gasteiger charge is -2.32. The van der Waals surface area contributed by atoms with Crippen LogP contribution >= 0.6 is 0 Å². The predicted molar refractivity (Wildman–Crippen MR) is 71.2 cm³/mol. The topological polar surface area (TPSA) is 98.3 Å². The largest absolute Gasteiger partial charge is 0.480 e. The average Bonchev–Trinajstić information content (AvgIpc) is 3.04. The van der Waals surface area contributed by atoms with E-state index in [4.69, 9.17) is 0 Å². The van der Waals surface area contributed by atoms with Gasteiger partial charge in [-0.3, -0.25) is 5.10 Å². The minimum Gasteiger partial charge on any atom is -0.480 e. The van der Waals surface area contributed by atoms with Crippen LogP contribution in [0.3, 0.4) is 0 Å². The van der Waals surface area contributed by atoms with Gasteiger partial charge in [0, 0.05) is 12.2 Å². The van der Waals surface area contributed by atoms with E-state index in [2.05, 4.69) is 15.5 Å². The minimum atomic E-state index is -0.915. The molecular formula is C13H18N4O3. The third-order valence-electron chi connectivity index (χ3n) is 4.36. The minimum absolute atomic E-state index is 0.0525. The number of H-pyrrole nitrogens is 1. The van der Waals surface area contributed by atoms with E-state index in [1.165, 1.54) is 11.1 Å². The van der Waals surface area contributed by atoms with E-state index >= 15 is 0 Å². The molecule has 20 heavy (non-hydrogen) atoms. The zero-order valence-corrected chi connectivity index (χ0v) is 11.1. The first-order valence-electron chi connectivity index (χ1n) is 6.97. The van der Waals surface area contributed by atoms with Gasteiger partial charge in [0.1, 0.15) is 6.04 Å². The van der Waals surface area contributed by atoms with Crippen molar-refractivity contribution in [2.24, 2.45) is 5.92 Å². The van der Waals surface area contributed by atoms with E-state index in [9.17, 15) is 14.7 Å². The molecule has 0 bridgehead atoms. The van der Waals surface area contributed by atoms with Crippen LogP contribution in [0.5, 0.6) is 0 Å². The number of anilines is 1. The molecule has 0 spiro atoms. The van der Waals surface area contributed by atoms with Crippen LogP contribution in [-0.2, 0) is 4.79 Å². The molecule has 3 atom stereocenters. The standard InChI is InChI=1S/C13H18N4O3/c18-12(19)11-5-8-3-1-2-4-10(8)17(11)13(20)16-9-6-14-15-7-9/h6-8,10-11H,1-5H2,(H,14,15)(H,16,20)(H,18,19). The Hall–Kier alpha value is -2.05. The summed E-state index contributed by atoms with van der Waals surface area (Å²) in [6.45, 7) is 0. The van der Waals surface area contributed by atoms with Gasteiger partial charge in [-0.1, -0.05) is 12.8 Å². The number of urea groups is 1. The monoisotopic (exact) mass is 278 g/mol. The lowest BCUT2D eigenvalue weighted by atomic mass is 9.85. The number of aliphatic carboxylic acids is 1. The average molecular weight is 278 g/mol. The molecular weight excluding hydrogens is 260 g/mol. The number of likely N-dealkylation sites (tertiary alicyclic amines) is 1. The van der Waals surface area contributed by atoms with E-state index in [1.54, 1.807) is 6.20 Å². The van der Waals surface area contributed by atoms with E-state index in [1.807, 2.05) is 0 Å². The van der Waals surface area contributed by atoms with Gasteiger partial charge in [0.05, 0.1) is 11.9 Å². The Labute approximate surface area is 116 Å². The summed E-state index contributed by atoms with van der Waals surface area (Å²) in [5, 5.41) is 18.5. The van der Waals surface area contributed by atoms with Crippen LogP contribution < -0.4 is 5.32 Å². The highest BCUT2D eigenvalue weighted by molar-refractivity contribution is 5.92. The van der Waals surface area contributed by atoms with Crippen molar-refractivity contribution in [2.75, 3.05) is 5.32 Å². The first kappa shape index (κ1) is 13.0.